The van der Waals surface area contributed by atoms with Crippen molar-refractivity contribution in [1.29, 1.82) is 5.26 Å². The molecule has 1 aliphatic rings. The lowest BCUT2D eigenvalue weighted by atomic mass is 10.1. The van der Waals surface area contributed by atoms with Crippen LogP contribution < -0.4 is 5.32 Å². The monoisotopic (exact) mass is 285 g/mol. The van der Waals surface area contributed by atoms with Gasteiger partial charge in [0.25, 0.3) is 0 Å². The standard InChI is InChI=1S/C17H23N3O/c1-14(20-10-5-3-2-4-6-11-20)17(21)19-16-9-7-8-15(12-16)13-18/h7-9,12,14H,2-6,10-11H2,1H3,(H,19,21). The van der Waals surface area contributed by atoms with Crippen molar-refractivity contribution in [3.63, 3.8) is 0 Å². The van der Waals surface area contributed by atoms with E-state index in [0.29, 0.717) is 11.3 Å². The van der Waals surface area contributed by atoms with Gasteiger partial charge >= 0.3 is 0 Å². The Labute approximate surface area is 126 Å². The number of anilines is 1. The zero-order valence-corrected chi connectivity index (χ0v) is 12.6. The first-order chi connectivity index (χ1) is 10.2. The van der Waals surface area contributed by atoms with E-state index in [1.54, 1.807) is 18.2 Å². The largest absolute Gasteiger partial charge is 0.325 e. The summed E-state index contributed by atoms with van der Waals surface area (Å²) in [5.74, 6) is 0.00524. The van der Waals surface area contributed by atoms with Gasteiger partial charge in [0.2, 0.25) is 5.91 Å². The Kier molecular flexibility index (Phi) is 5.77. The van der Waals surface area contributed by atoms with Crippen LogP contribution in [0.3, 0.4) is 0 Å². The van der Waals surface area contributed by atoms with E-state index in [-0.39, 0.29) is 11.9 Å². The van der Waals surface area contributed by atoms with Crippen molar-refractivity contribution in [2.24, 2.45) is 0 Å². The van der Waals surface area contributed by atoms with Gasteiger partial charge < -0.3 is 5.32 Å². The van der Waals surface area contributed by atoms with Gasteiger partial charge in [-0.05, 0) is 51.1 Å². The van der Waals surface area contributed by atoms with Crippen LogP contribution in [0.1, 0.15) is 44.6 Å². The van der Waals surface area contributed by atoms with E-state index >= 15 is 0 Å². The van der Waals surface area contributed by atoms with Gasteiger partial charge in [-0.3, -0.25) is 9.69 Å². The molecule has 1 heterocycles. The minimum atomic E-state index is -0.131. The summed E-state index contributed by atoms with van der Waals surface area (Å²) < 4.78 is 0. The smallest absolute Gasteiger partial charge is 0.241 e. The van der Waals surface area contributed by atoms with Crippen LogP contribution in [0.15, 0.2) is 24.3 Å². The molecule has 4 nitrogen and oxygen atoms in total. The van der Waals surface area contributed by atoms with Crippen molar-refractivity contribution in [2.75, 3.05) is 18.4 Å². The Morgan fingerprint density at radius 1 is 1.24 bits per heavy atom. The number of hydrogen-bond acceptors (Lipinski definition) is 3. The molecule has 4 heteroatoms. The van der Waals surface area contributed by atoms with E-state index < -0.39 is 0 Å². The number of nitrogens with zero attached hydrogens (tertiary/aromatic N) is 2. The molecule has 2 rings (SSSR count). The Morgan fingerprint density at radius 3 is 2.57 bits per heavy atom. The predicted molar refractivity (Wildman–Crippen MR) is 83.9 cm³/mol. The lowest BCUT2D eigenvalue weighted by Gasteiger charge is -2.29. The molecule has 21 heavy (non-hydrogen) atoms. The molecule has 1 aromatic rings. The molecule has 0 radical (unpaired) electrons. The Bertz CT molecular complexity index is 513. The average molecular weight is 285 g/mol. The van der Waals surface area contributed by atoms with Crippen LogP contribution in [0.4, 0.5) is 5.69 Å². The van der Waals surface area contributed by atoms with Crippen LogP contribution in [0, 0.1) is 11.3 Å². The molecule has 1 atom stereocenters. The minimum Gasteiger partial charge on any atom is -0.325 e. The van der Waals surface area contributed by atoms with Gasteiger partial charge in [0, 0.05) is 5.69 Å². The van der Waals surface area contributed by atoms with Crippen molar-refractivity contribution >= 4 is 11.6 Å². The summed E-state index contributed by atoms with van der Waals surface area (Å²) in [6.45, 7) is 3.95. The lowest BCUT2D eigenvalue weighted by molar-refractivity contribution is -0.120. The summed E-state index contributed by atoms with van der Waals surface area (Å²) >= 11 is 0. The van der Waals surface area contributed by atoms with Gasteiger partial charge in [-0.25, -0.2) is 0 Å². The maximum absolute atomic E-state index is 12.4. The predicted octanol–water partition coefficient (Wildman–Crippen LogP) is 3.15. The number of hydrogen-bond donors (Lipinski definition) is 1. The Balaban J connectivity index is 1.96. The van der Waals surface area contributed by atoms with Crippen LogP contribution in [-0.4, -0.2) is 29.9 Å². The number of carbonyl (C=O) groups is 1. The number of benzene rings is 1. The van der Waals surface area contributed by atoms with Crippen molar-refractivity contribution < 1.29 is 4.79 Å². The molecule has 0 aromatic heterocycles. The normalized spacial score (nSPS) is 18.1. The van der Waals surface area contributed by atoms with E-state index in [9.17, 15) is 4.79 Å². The van der Waals surface area contributed by atoms with Crippen molar-refractivity contribution in [3.05, 3.63) is 29.8 Å². The number of nitriles is 1. The first-order valence-electron chi connectivity index (χ1n) is 7.76. The quantitative estimate of drug-likeness (QED) is 0.928. The van der Waals surface area contributed by atoms with E-state index in [2.05, 4.69) is 16.3 Å². The Morgan fingerprint density at radius 2 is 1.90 bits per heavy atom. The number of likely N-dealkylation sites (tertiary alicyclic amines) is 1. The van der Waals surface area contributed by atoms with Gasteiger partial charge in [-0.1, -0.05) is 25.3 Å². The third-order valence-corrected chi connectivity index (χ3v) is 4.08. The van der Waals surface area contributed by atoms with Crippen molar-refractivity contribution in [1.82, 2.24) is 4.90 Å². The molecule has 1 aliphatic heterocycles. The first kappa shape index (κ1) is 15.5. The molecular formula is C17H23N3O. The molecule has 0 spiro atoms. The summed E-state index contributed by atoms with van der Waals surface area (Å²) in [5, 5.41) is 11.8. The third-order valence-electron chi connectivity index (χ3n) is 4.08. The molecule has 1 unspecified atom stereocenters. The van der Waals surface area contributed by atoms with Gasteiger partial charge in [0.05, 0.1) is 17.7 Å². The first-order valence-corrected chi connectivity index (χ1v) is 7.76. The summed E-state index contributed by atoms with van der Waals surface area (Å²) in [6.07, 6.45) is 6.17. The summed E-state index contributed by atoms with van der Waals surface area (Å²) in [4.78, 5) is 14.6. The second-order valence-electron chi connectivity index (χ2n) is 5.66. The summed E-state index contributed by atoms with van der Waals surface area (Å²) in [5.41, 5.74) is 1.25. The topological polar surface area (TPSA) is 56.1 Å². The fourth-order valence-corrected chi connectivity index (χ4v) is 2.74. The number of carbonyl (C=O) groups excluding carboxylic acids is 1. The molecule has 0 saturated carbocycles. The average Bonchev–Trinajstić information content (AvgIpc) is 2.46. The highest BCUT2D eigenvalue weighted by molar-refractivity contribution is 5.94. The van der Waals surface area contributed by atoms with Gasteiger partial charge in [-0.2, -0.15) is 5.26 Å². The van der Waals surface area contributed by atoms with Gasteiger partial charge in [-0.15, -0.1) is 0 Å². The fourth-order valence-electron chi connectivity index (χ4n) is 2.74. The second-order valence-corrected chi connectivity index (χ2v) is 5.66. The molecule has 1 saturated heterocycles. The maximum atomic E-state index is 12.4. The summed E-state index contributed by atoms with van der Waals surface area (Å²) in [6, 6.07) is 9.00. The number of amides is 1. The minimum absolute atomic E-state index is 0.00524. The second kappa shape index (κ2) is 7.80. The highest BCUT2D eigenvalue weighted by Gasteiger charge is 2.21. The number of nitrogens with one attached hydrogen (secondary N) is 1. The molecule has 112 valence electrons. The van der Waals surface area contributed by atoms with E-state index in [4.69, 9.17) is 5.26 Å². The zero-order chi connectivity index (χ0) is 15.1. The van der Waals surface area contributed by atoms with E-state index in [1.807, 2.05) is 13.0 Å². The molecule has 1 amide bonds. The maximum Gasteiger partial charge on any atom is 0.241 e. The highest BCUT2D eigenvalue weighted by atomic mass is 16.2. The van der Waals surface area contributed by atoms with Crippen molar-refractivity contribution in [2.45, 2.75) is 45.1 Å². The molecule has 1 aromatic carbocycles. The summed E-state index contributed by atoms with van der Waals surface area (Å²) in [7, 11) is 0. The SMILES string of the molecule is CC(C(=O)Nc1cccc(C#N)c1)N1CCCCCCC1. The zero-order valence-electron chi connectivity index (χ0n) is 12.6. The van der Waals surface area contributed by atoms with Gasteiger partial charge in [0.15, 0.2) is 0 Å². The fraction of sp³-hybridized carbons (Fsp3) is 0.529. The van der Waals surface area contributed by atoms with Crippen LogP contribution in [0.5, 0.6) is 0 Å². The van der Waals surface area contributed by atoms with Gasteiger partial charge in [0.1, 0.15) is 0 Å². The third kappa shape index (κ3) is 4.57. The van der Waals surface area contributed by atoms with Crippen LogP contribution in [0.25, 0.3) is 0 Å². The molecule has 1 N–H and O–H groups in total. The lowest BCUT2D eigenvalue weighted by Crippen LogP contribution is -2.43. The molecular weight excluding hydrogens is 262 g/mol. The molecule has 1 fully saturated rings. The van der Waals surface area contributed by atoms with E-state index in [0.717, 1.165) is 13.1 Å². The van der Waals surface area contributed by atoms with Crippen LogP contribution >= 0.6 is 0 Å². The Hall–Kier alpha value is -1.86. The molecule has 0 aliphatic carbocycles. The van der Waals surface area contributed by atoms with Crippen LogP contribution in [-0.2, 0) is 4.79 Å². The molecule has 0 bridgehead atoms. The van der Waals surface area contributed by atoms with Crippen LogP contribution in [0.2, 0.25) is 0 Å². The number of rotatable bonds is 3. The van der Waals surface area contributed by atoms with E-state index in [1.165, 1.54) is 32.1 Å². The highest BCUT2D eigenvalue weighted by Crippen LogP contribution is 2.15. The van der Waals surface area contributed by atoms with Crippen molar-refractivity contribution in [3.8, 4) is 6.07 Å².